The van der Waals surface area contributed by atoms with Crippen molar-refractivity contribution in [3.8, 4) is 0 Å². The highest BCUT2D eigenvalue weighted by molar-refractivity contribution is 14.1. The third-order valence-corrected chi connectivity index (χ3v) is 5.80. The van der Waals surface area contributed by atoms with Crippen LogP contribution in [-0.2, 0) is 6.54 Å². The molecule has 0 spiro atoms. The van der Waals surface area contributed by atoms with Gasteiger partial charge >= 0.3 is 0 Å². The predicted molar refractivity (Wildman–Crippen MR) is 119 cm³/mol. The lowest BCUT2D eigenvalue weighted by molar-refractivity contribution is 0.456. The standard InChI is InChI=1S/C19H20ClIN6/c1-13-2-4-14(5-3-13)11-23-18-15-10-17(20)22-12-16(15)24-19(25-18)26-6-8-27(21)9-7-26/h2-5,10,12H,6-9,11H2,1H3,(H,23,24,25). The van der Waals surface area contributed by atoms with Crippen LogP contribution in [0.4, 0.5) is 11.8 Å². The minimum atomic E-state index is 0.441. The maximum absolute atomic E-state index is 6.12. The average molecular weight is 495 g/mol. The molecule has 8 heteroatoms. The van der Waals surface area contributed by atoms with Gasteiger partial charge in [0.25, 0.3) is 0 Å². The maximum atomic E-state index is 6.12. The molecule has 0 aliphatic carbocycles. The first-order chi connectivity index (χ1) is 13.1. The Bertz CT molecular complexity index is 941. The number of aryl methyl sites for hydroxylation is 1. The van der Waals surface area contributed by atoms with Gasteiger partial charge in [0.1, 0.15) is 11.0 Å². The number of piperazine rings is 1. The van der Waals surface area contributed by atoms with Gasteiger partial charge in [0, 0.05) is 61.0 Å². The number of nitrogens with zero attached hydrogens (tertiary/aromatic N) is 5. The second-order valence-electron chi connectivity index (χ2n) is 6.63. The highest BCUT2D eigenvalue weighted by Crippen LogP contribution is 2.26. The SMILES string of the molecule is Cc1ccc(CNc2nc(N3CCN(I)CC3)nc3cnc(Cl)cc23)cc1. The molecule has 3 aromatic rings. The second-order valence-corrected chi connectivity index (χ2v) is 8.38. The smallest absolute Gasteiger partial charge is 0.228 e. The summed E-state index contributed by atoms with van der Waals surface area (Å²) in [6, 6.07) is 10.3. The van der Waals surface area contributed by atoms with E-state index < -0.39 is 0 Å². The number of anilines is 2. The molecule has 1 aliphatic heterocycles. The molecule has 1 aliphatic rings. The fourth-order valence-corrected chi connectivity index (χ4v) is 3.63. The number of hydrogen-bond donors (Lipinski definition) is 1. The van der Waals surface area contributed by atoms with E-state index in [-0.39, 0.29) is 0 Å². The first kappa shape index (κ1) is 18.6. The summed E-state index contributed by atoms with van der Waals surface area (Å²) >= 11 is 8.48. The topological polar surface area (TPSA) is 57.2 Å². The van der Waals surface area contributed by atoms with Crippen molar-refractivity contribution in [2.75, 3.05) is 36.4 Å². The van der Waals surface area contributed by atoms with Gasteiger partial charge < -0.3 is 10.2 Å². The van der Waals surface area contributed by atoms with Crippen LogP contribution in [0.15, 0.2) is 36.5 Å². The lowest BCUT2D eigenvalue weighted by Crippen LogP contribution is -2.43. The molecule has 0 radical (unpaired) electrons. The largest absolute Gasteiger partial charge is 0.365 e. The monoisotopic (exact) mass is 494 g/mol. The van der Waals surface area contributed by atoms with E-state index in [9.17, 15) is 0 Å². The van der Waals surface area contributed by atoms with Gasteiger partial charge in [0.15, 0.2) is 0 Å². The van der Waals surface area contributed by atoms with Gasteiger partial charge in [-0.3, -0.25) is 0 Å². The molecule has 0 unspecified atom stereocenters. The van der Waals surface area contributed by atoms with E-state index in [0.29, 0.717) is 11.7 Å². The van der Waals surface area contributed by atoms with Crippen LogP contribution in [0.1, 0.15) is 11.1 Å². The van der Waals surface area contributed by atoms with E-state index in [2.05, 4.69) is 72.4 Å². The first-order valence-electron chi connectivity index (χ1n) is 8.87. The van der Waals surface area contributed by atoms with Crippen molar-refractivity contribution < 1.29 is 0 Å². The molecule has 1 N–H and O–H groups in total. The fourth-order valence-electron chi connectivity index (χ4n) is 3.04. The maximum Gasteiger partial charge on any atom is 0.228 e. The molecule has 27 heavy (non-hydrogen) atoms. The van der Waals surface area contributed by atoms with Crippen LogP contribution < -0.4 is 10.2 Å². The summed E-state index contributed by atoms with van der Waals surface area (Å²) < 4.78 is 2.28. The lowest BCUT2D eigenvalue weighted by Gasteiger charge is -2.31. The Labute approximate surface area is 177 Å². The zero-order valence-electron chi connectivity index (χ0n) is 15.0. The van der Waals surface area contributed by atoms with Crippen LogP contribution >= 0.6 is 34.5 Å². The number of halogens is 2. The Morgan fingerprint density at radius 2 is 1.85 bits per heavy atom. The van der Waals surface area contributed by atoms with Crippen LogP contribution in [0.5, 0.6) is 0 Å². The summed E-state index contributed by atoms with van der Waals surface area (Å²) in [5.74, 6) is 1.53. The number of aromatic nitrogens is 3. The normalized spacial score (nSPS) is 15.3. The van der Waals surface area contributed by atoms with Crippen LogP contribution in [0.2, 0.25) is 5.15 Å². The van der Waals surface area contributed by atoms with Gasteiger partial charge in [0.05, 0.1) is 11.7 Å². The Balaban J connectivity index is 1.65. The third kappa shape index (κ3) is 4.41. The summed E-state index contributed by atoms with van der Waals surface area (Å²) in [5.41, 5.74) is 3.25. The van der Waals surface area contributed by atoms with Crippen molar-refractivity contribution in [1.29, 1.82) is 0 Å². The number of benzene rings is 1. The van der Waals surface area contributed by atoms with Gasteiger partial charge in [0.2, 0.25) is 5.95 Å². The van der Waals surface area contributed by atoms with Crippen molar-refractivity contribution in [2.24, 2.45) is 0 Å². The zero-order valence-corrected chi connectivity index (χ0v) is 17.9. The molecule has 1 fully saturated rings. The number of hydrogen-bond acceptors (Lipinski definition) is 6. The van der Waals surface area contributed by atoms with E-state index in [4.69, 9.17) is 21.6 Å². The number of nitrogens with one attached hydrogen (secondary N) is 1. The Morgan fingerprint density at radius 3 is 2.59 bits per heavy atom. The van der Waals surface area contributed by atoms with Gasteiger partial charge in [-0.15, -0.1) is 0 Å². The molecule has 4 rings (SSSR count). The quantitative estimate of drug-likeness (QED) is 0.335. The van der Waals surface area contributed by atoms with E-state index in [1.54, 1.807) is 6.20 Å². The number of fused-ring (bicyclic) bond motifs is 1. The van der Waals surface area contributed by atoms with Crippen LogP contribution in [0, 0.1) is 6.92 Å². The minimum Gasteiger partial charge on any atom is -0.365 e. The minimum absolute atomic E-state index is 0.441. The fraction of sp³-hybridized carbons (Fsp3) is 0.316. The molecule has 6 nitrogen and oxygen atoms in total. The summed E-state index contributed by atoms with van der Waals surface area (Å²) in [6.07, 6.45) is 1.72. The van der Waals surface area contributed by atoms with Crippen LogP contribution in [0.3, 0.4) is 0 Å². The van der Waals surface area contributed by atoms with Crippen molar-refractivity contribution in [1.82, 2.24) is 18.1 Å². The van der Waals surface area contributed by atoms with Crippen molar-refractivity contribution in [3.05, 3.63) is 52.8 Å². The lowest BCUT2D eigenvalue weighted by atomic mass is 10.1. The van der Waals surface area contributed by atoms with Gasteiger partial charge in [-0.2, -0.15) is 4.98 Å². The molecule has 2 aromatic heterocycles. The molecule has 140 valence electrons. The third-order valence-electron chi connectivity index (χ3n) is 4.63. The molecule has 3 heterocycles. The van der Waals surface area contributed by atoms with E-state index in [1.165, 1.54) is 11.1 Å². The zero-order chi connectivity index (χ0) is 18.8. The van der Waals surface area contributed by atoms with Crippen molar-refractivity contribution in [2.45, 2.75) is 13.5 Å². The van der Waals surface area contributed by atoms with Gasteiger partial charge in [-0.05, 0) is 18.6 Å². The molecule has 1 saturated heterocycles. The molecule has 0 saturated carbocycles. The molecule has 0 atom stereocenters. The molecule has 0 amide bonds. The molecule has 1 aromatic carbocycles. The number of pyridine rings is 1. The van der Waals surface area contributed by atoms with E-state index in [0.717, 1.165) is 48.8 Å². The molecule has 0 bridgehead atoms. The van der Waals surface area contributed by atoms with Crippen molar-refractivity contribution in [3.63, 3.8) is 0 Å². The number of rotatable bonds is 4. The van der Waals surface area contributed by atoms with Gasteiger partial charge in [-0.25, -0.2) is 13.1 Å². The van der Waals surface area contributed by atoms with Crippen LogP contribution in [0.25, 0.3) is 10.9 Å². The van der Waals surface area contributed by atoms with Crippen LogP contribution in [-0.4, -0.2) is 44.2 Å². The second kappa shape index (κ2) is 8.12. The predicted octanol–water partition coefficient (Wildman–Crippen LogP) is 4.07. The summed E-state index contributed by atoms with van der Waals surface area (Å²) in [6.45, 7) is 6.58. The summed E-state index contributed by atoms with van der Waals surface area (Å²) in [7, 11) is 0. The molecular formula is C19H20ClIN6. The van der Waals surface area contributed by atoms with Gasteiger partial charge in [-0.1, -0.05) is 41.4 Å². The Morgan fingerprint density at radius 1 is 1.11 bits per heavy atom. The van der Waals surface area contributed by atoms with E-state index >= 15 is 0 Å². The summed E-state index contributed by atoms with van der Waals surface area (Å²) in [4.78, 5) is 16.0. The van der Waals surface area contributed by atoms with E-state index in [1.807, 2.05) is 6.07 Å². The average Bonchev–Trinajstić information content (AvgIpc) is 2.68. The Hall–Kier alpha value is -1.71. The first-order valence-corrected chi connectivity index (χ1v) is 10.2. The van der Waals surface area contributed by atoms with Crippen molar-refractivity contribution >= 4 is 57.1 Å². The summed E-state index contributed by atoms with van der Waals surface area (Å²) in [5, 5.41) is 4.79. The Kier molecular flexibility index (Phi) is 5.60. The highest BCUT2D eigenvalue weighted by atomic mass is 127. The highest BCUT2D eigenvalue weighted by Gasteiger charge is 2.19. The molecular weight excluding hydrogens is 475 g/mol.